The average Bonchev–Trinajstić information content (AvgIpc) is 2.16. The summed E-state index contributed by atoms with van der Waals surface area (Å²) in [6.45, 7) is 6.49. The van der Waals surface area contributed by atoms with E-state index in [0.29, 0.717) is 11.8 Å². The van der Waals surface area contributed by atoms with Crippen LogP contribution in [0.3, 0.4) is 0 Å². The van der Waals surface area contributed by atoms with Crippen molar-refractivity contribution in [1.82, 2.24) is 0 Å². The quantitative estimate of drug-likeness (QED) is 0.746. The van der Waals surface area contributed by atoms with Crippen LogP contribution in [0.5, 0.6) is 0 Å². The van der Waals surface area contributed by atoms with Crippen molar-refractivity contribution in [2.24, 2.45) is 5.92 Å². The van der Waals surface area contributed by atoms with E-state index in [9.17, 15) is 4.79 Å². The molecule has 0 bridgehead atoms. The van der Waals surface area contributed by atoms with Gasteiger partial charge in [0.2, 0.25) is 4.69 Å². The first-order valence-electron chi connectivity index (χ1n) is 4.82. The lowest BCUT2D eigenvalue weighted by molar-refractivity contribution is 0.109. The molecule has 0 aliphatic heterocycles. The van der Waals surface area contributed by atoms with E-state index < -0.39 is 0 Å². The number of rotatable bonds is 3. The van der Waals surface area contributed by atoms with Crippen LogP contribution in [0.15, 0.2) is 24.3 Å². The first kappa shape index (κ1) is 11.4. The molecule has 0 N–H and O–H groups in total. The molecule has 0 radical (unpaired) electrons. The summed E-state index contributed by atoms with van der Waals surface area (Å²) in [7, 11) is 0. The third kappa shape index (κ3) is 2.44. The van der Waals surface area contributed by atoms with Crippen LogP contribution in [0.25, 0.3) is 0 Å². The van der Waals surface area contributed by atoms with Gasteiger partial charge < -0.3 is 0 Å². The third-order valence-corrected chi connectivity index (χ3v) is 3.09. The first-order chi connectivity index (χ1) is 6.54. The minimum absolute atomic E-state index is 0.0272. The maximum absolute atomic E-state index is 11.3. The lowest BCUT2D eigenvalue weighted by Gasteiger charge is -2.18. The van der Waals surface area contributed by atoms with Gasteiger partial charge in [-0.05, 0) is 33.3 Å². The van der Waals surface area contributed by atoms with Gasteiger partial charge in [0.1, 0.15) is 0 Å². The fourth-order valence-electron chi connectivity index (χ4n) is 1.43. The average molecular weight is 255 g/mol. The summed E-state index contributed by atoms with van der Waals surface area (Å²) < 4.78 is -0.0272. The molecule has 1 aromatic carbocycles. The molecule has 76 valence electrons. The third-order valence-electron chi connectivity index (χ3n) is 2.66. The van der Waals surface area contributed by atoms with E-state index in [2.05, 4.69) is 36.7 Å². The second kappa shape index (κ2) is 4.74. The SMILES string of the molecule is CC(C)C(C)c1ccccc1C(=O)Br. The number of carbonyl (C=O) groups excluding carboxylic acids is 1. The van der Waals surface area contributed by atoms with E-state index in [1.165, 1.54) is 0 Å². The van der Waals surface area contributed by atoms with Crippen molar-refractivity contribution >= 4 is 20.6 Å². The van der Waals surface area contributed by atoms with Gasteiger partial charge in [0.15, 0.2) is 0 Å². The predicted molar refractivity (Wildman–Crippen MR) is 63.0 cm³/mol. The fourth-order valence-corrected chi connectivity index (χ4v) is 1.79. The first-order valence-corrected chi connectivity index (χ1v) is 5.62. The molecule has 1 nitrogen and oxygen atoms in total. The van der Waals surface area contributed by atoms with Crippen molar-refractivity contribution in [2.75, 3.05) is 0 Å². The molecule has 0 aliphatic carbocycles. The summed E-state index contributed by atoms with van der Waals surface area (Å²) in [4.78, 5) is 11.3. The van der Waals surface area contributed by atoms with Crippen LogP contribution in [0.4, 0.5) is 0 Å². The number of hydrogen-bond donors (Lipinski definition) is 0. The van der Waals surface area contributed by atoms with Gasteiger partial charge in [0.25, 0.3) is 0 Å². The number of halogens is 1. The van der Waals surface area contributed by atoms with Crippen LogP contribution in [-0.2, 0) is 0 Å². The Kier molecular flexibility index (Phi) is 3.87. The minimum Gasteiger partial charge on any atom is -0.281 e. The standard InChI is InChI=1S/C12H15BrO/c1-8(2)9(3)10-6-4-5-7-11(10)12(13)14/h4-9H,1-3H3. The van der Waals surface area contributed by atoms with Crippen LogP contribution in [0, 0.1) is 5.92 Å². The Bertz CT molecular complexity index is 331. The lowest BCUT2D eigenvalue weighted by Crippen LogP contribution is -2.06. The maximum atomic E-state index is 11.3. The lowest BCUT2D eigenvalue weighted by atomic mass is 9.87. The molecule has 0 saturated heterocycles. The van der Waals surface area contributed by atoms with Crippen LogP contribution < -0.4 is 0 Å². The van der Waals surface area contributed by atoms with Crippen molar-refractivity contribution in [3.05, 3.63) is 35.4 Å². The van der Waals surface area contributed by atoms with Crippen molar-refractivity contribution in [3.8, 4) is 0 Å². The zero-order valence-corrected chi connectivity index (χ0v) is 10.3. The normalized spacial score (nSPS) is 12.9. The Morgan fingerprint density at radius 2 is 1.79 bits per heavy atom. The Hall–Kier alpha value is -0.630. The minimum atomic E-state index is -0.0272. The molecule has 2 heteroatoms. The van der Waals surface area contributed by atoms with Crippen molar-refractivity contribution < 1.29 is 4.79 Å². The molecule has 0 amide bonds. The zero-order chi connectivity index (χ0) is 10.7. The Balaban J connectivity index is 3.13. The maximum Gasteiger partial charge on any atom is 0.228 e. The smallest absolute Gasteiger partial charge is 0.228 e. The largest absolute Gasteiger partial charge is 0.281 e. The summed E-state index contributed by atoms with van der Waals surface area (Å²) in [5.41, 5.74) is 1.91. The topological polar surface area (TPSA) is 17.1 Å². The summed E-state index contributed by atoms with van der Waals surface area (Å²) >= 11 is 3.01. The van der Waals surface area contributed by atoms with E-state index in [1.54, 1.807) is 0 Å². The molecule has 0 aliphatic rings. The highest BCUT2D eigenvalue weighted by Crippen LogP contribution is 2.27. The van der Waals surface area contributed by atoms with Gasteiger partial charge in [-0.3, -0.25) is 4.79 Å². The van der Waals surface area contributed by atoms with E-state index in [1.807, 2.05) is 24.3 Å². The number of hydrogen-bond acceptors (Lipinski definition) is 1. The molecule has 1 atom stereocenters. The zero-order valence-electron chi connectivity index (χ0n) is 8.75. The van der Waals surface area contributed by atoms with Crippen molar-refractivity contribution in [2.45, 2.75) is 26.7 Å². The monoisotopic (exact) mass is 254 g/mol. The van der Waals surface area contributed by atoms with Gasteiger partial charge in [0.05, 0.1) is 0 Å². The van der Waals surface area contributed by atoms with E-state index >= 15 is 0 Å². The Morgan fingerprint density at radius 3 is 2.29 bits per heavy atom. The molecule has 0 saturated carbocycles. The van der Waals surface area contributed by atoms with Crippen LogP contribution in [0.1, 0.15) is 42.6 Å². The molecule has 1 rings (SSSR count). The number of benzene rings is 1. The fraction of sp³-hybridized carbons (Fsp3) is 0.417. The van der Waals surface area contributed by atoms with Crippen LogP contribution in [-0.4, -0.2) is 4.69 Å². The summed E-state index contributed by atoms with van der Waals surface area (Å²) in [6.07, 6.45) is 0. The second-order valence-electron chi connectivity index (χ2n) is 3.89. The molecule has 0 aromatic heterocycles. The summed E-state index contributed by atoms with van der Waals surface area (Å²) in [5.74, 6) is 0.954. The van der Waals surface area contributed by atoms with Crippen LogP contribution >= 0.6 is 15.9 Å². The van der Waals surface area contributed by atoms with Crippen LogP contribution in [0.2, 0.25) is 0 Å². The molecular weight excluding hydrogens is 240 g/mol. The molecule has 0 heterocycles. The molecule has 1 aromatic rings. The predicted octanol–water partition coefficient (Wildman–Crippen LogP) is 3.98. The molecular formula is C12H15BrO. The van der Waals surface area contributed by atoms with E-state index in [-0.39, 0.29) is 4.69 Å². The molecule has 1 unspecified atom stereocenters. The highest BCUT2D eigenvalue weighted by Gasteiger charge is 2.16. The molecule has 0 fully saturated rings. The van der Waals surface area contributed by atoms with Gasteiger partial charge in [-0.25, -0.2) is 0 Å². The van der Waals surface area contributed by atoms with Crippen molar-refractivity contribution in [1.29, 1.82) is 0 Å². The van der Waals surface area contributed by atoms with Gasteiger partial charge in [-0.2, -0.15) is 0 Å². The van der Waals surface area contributed by atoms with Gasteiger partial charge in [0, 0.05) is 5.56 Å². The summed E-state index contributed by atoms with van der Waals surface area (Å²) in [6, 6.07) is 7.77. The van der Waals surface area contributed by atoms with Gasteiger partial charge >= 0.3 is 0 Å². The number of carbonyl (C=O) groups is 1. The van der Waals surface area contributed by atoms with Gasteiger partial charge in [-0.15, -0.1) is 0 Å². The van der Waals surface area contributed by atoms with E-state index in [0.717, 1.165) is 11.1 Å². The Labute approximate surface area is 93.7 Å². The molecule has 0 spiro atoms. The highest BCUT2D eigenvalue weighted by molar-refractivity contribution is 9.18. The second-order valence-corrected chi connectivity index (χ2v) is 4.61. The summed E-state index contributed by atoms with van der Waals surface area (Å²) in [5, 5.41) is 0. The van der Waals surface area contributed by atoms with Gasteiger partial charge in [-0.1, -0.05) is 45.0 Å². The Morgan fingerprint density at radius 1 is 1.21 bits per heavy atom. The molecule has 14 heavy (non-hydrogen) atoms. The van der Waals surface area contributed by atoms with Crippen molar-refractivity contribution in [3.63, 3.8) is 0 Å². The van der Waals surface area contributed by atoms with E-state index in [4.69, 9.17) is 0 Å². The highest BCUT2D eigenvalue weighted by atomic mass is 79.9.